The Kier molecular flexibility index (Phi) is 6.33. The van der Waals surface area contributed by atoms with E-state index in [9.17, 15) is 14.7 Å². The lowest BCUT2D eigenvalue weighted by molar-refractivity contribution is -0.138. The van der Waals surface area contributed by atoms with Gasteiger partial charge in [0.1, 0.15) is 5.69 Å². The van der Waals surface area contributed by atoms with Gasteiger partial charge in [0.2, 0.25) is 0 Å². The third-order valence-corrected chi connectivity index (χ3v) is 4.41. The van der Waals surface area contributed by atoms with Crippen molar-refractivity contribution in [3.8, 4) is 0 Å². The Bertz CT molecular complexity index is 721. The molecule has 2 rings (SSSR count). The minimum Gasteiger partial charge on any atom is -0.481 e. The van der Waals surface area contributed by atoms with Gasteiger partial charge in [-0.15, -0.1) is 0 Å². The maximum Gasteiger partial charge on any atom is 0.312 e. The van der Waals surface area contributed by atoms with E-state index in [0.29, 0.717) is 11.3 Å². The van der Waals surface area contributed by atoms with E-state index in [2.05, 4.69) is 24.3 Å². The quantitative estimate of drug-likeness (QED) is 0.771. The third kappa shape index (κ3) is 4.47. The molecule has 25 heavy (non-hydrogen) atoms. The zero-order chi connectivity index (χ0) is 18.4. The number of aliphatic carboxylic acids is 1. The van der Waals surface area contributed by atoms with Crippen molar-refractivity contribution in [2.75, 3.05) is 6.54 Å². The molecular weight excluding hydrogens is 318 g/mol. The van der Waals surface area contributed by atoms with Crippen molar-refractivity contribution in [1.29, 1.82) is 0 Å². The van der Waals surface area contributed by atoms with Crippen LogP contribution in [0.1, 0.15) is 60.4 Å². The van der Waals surface area contributed by atoms with Gasteiger partial charge in [0.05, 0.1) is 12.0 Å². The van der Waals surface area contributed by atoms with Crippen LogP contribution < -0.4 is 5.32 Å². The van der Waals surface area contributed by atoms with Gasteiger partial charge in [-0.3, -0.25) is 14.3 Å². The summed E-state index contributed by atoms with van der Waals surface area (Å²) in [6.07, 6.45) is 1.88. The molecule has 0 spiro atoms. The molecule has 0 fully saturated rings. The number of aromatic nitrogens is 2. The lowest BCUT2D eigenvalue weighted by Crippen LogP contribution is -2.32. The number of hydrogen-bond donors (Lipinski definition) is 2. The second-order valence-corrected chi connectivity index (χ2v) is 6.10. The van der Waals surface area contributed by atoms with Crippen LogP contribution in [0.25, 0.3) is 0 Å². The number of rotatable bonds is 8. The fraction of sp³-hybridized carbons (Fsp3) is 0.421. The highest BCUT2D eigenvalue weighted by atomic mass is 16.4. The third-order valence-electron chi connectivity index (χ3n) is 4.41. The Morgan fingerprint density at radius 3 is 2.40 bits per heavy atom. The van der Waals surface area contributed by atoms with Crippen molar-refractivity contribution in [3.05, 3.63) is 53.3 Å². The lowest BCUT2D eigenvalue weighted by atomic mass is 9.99. The Balaban J connectivity index is 2.09. The van der Waals surface area contributed by atoms with E-state index in [0.717, 1.165) is 18.5 Å². The standard InChI is InChI=1S/C19H25N3O3/c1-4-15(5-2)22-13(3)11-17(21-22)18(23)20-12-16(19(24)25)14-9-7-6-8-10-14/h6-11,15-16H,4-5,12H2,1-3H3,(H,20,23)(H,24,25). The first-order valence-electron chi connectivity index (χ1n) is 8.60. The number of nitrogens with one attached hydrogen (secondary N) is 1. The van der Waals surface area contributed by atoms with Crippen molar-refractivity contribution in [2.45, 2.75) is 45.6 Å². The molecule has 0 aliphatic carbocycles. The van der Waals surface area contributed by atoms with Crippen LogP contribution in [0.3, 0.4) is 0 Å². The molecule has 2 aromatic rings. The molecule has 134 valence electrons. The smallest absolute Gasteiger partial charge is 0.312 e. The molecule has 1 heterocycles. The average Bonchev–Trinajstić information content (AvgIpc) is 2.99. The van der Waals surface area contributed by atoms with Gasteiger partial charge >= 0.3 is 5.97 Å². The fourth-order valence-electron chi connectivity index (χ4n) is 2.92. The summed E-state index contributed by atoms with van der Waals surface area (Å²) < 4.78 is 1.88. The number of hydrogen-bond acceptors (Lipinski definition) is 3. The van der Waals surface area contributed by atoms with Crippen LogP contribution in [0.5, 0.6) is 0 Å². The molecule has 0 saturated heterocycles. The summed E-state index contributed by atoms with van der Waals surface area (Å²) in [4.78, 5) is 23.9. The van der Waals surface area contributed by atoms with Crippen molar-refractivity contribution < 1.29 is 14.7 Å². The zero-order valence-electron chi connectivity index (χ0n) is 14.9. The number of carboxylic acids is 1. The van der Waals surface area contributed by atoms with Crippen molar-refractivity contribution in [3.63, 3.8) is 0 Å². The highest BCUT2D eigenvalue weighted by Gasteiger charge is 2.22. The zero-order valence-corrected chi connectivity index (χ0v) is 14.9. The highest BCUT2D eigenvalue weighted by Crippen LogP contribution is 2.18. The SMILES string of the molecule is CCC(CC)n1nc(C(=O)NCC(C(=O)O)c2ccccc2)cc1C. The maximum atomic E-state index is 12.4. The molecule has 6 nitrogen and oxygen atoms in total. The van der Waals surface area contributed by atoms with Gasteiger partial charge in [-0.25, -0.2) is 0 Å². The summed E-state index contributed by atoms with van der Waals surface area (Å²) in [7, 11) is 0. The van der Waals surface area contributed by atoms with Crippen LogP contribution in [0.15, 0.2) is 36.4 Å². The minimum atomic E-state index is -0.967. The average molecular weight is 343 g/mol. The molecule has 0 radical (unpaired) electrons. The molecule has 0 aliphatic rings. The Labute approximate surface area is 147 Å². The molecular formula is C19H25N3O3. The Hall–Kier alpha value is -2.63. The van der Waals surface area contributed by atoms with E-state index >= 15 is 0 Å². The van der Waals surface area contributed by atoms with Crippen LogP contribution in [0, 0.1) is 6.92 Å². The van der Waals surface area contributed by atoms with Crippen LogP contribution in [0.2, 0.25) is 0 Å². The van der Waals surface area contributed by atoms with E-state index in [4.69, 9.17) is 0 Å². The van der Waals surface area contributed by atoms with Crippen molar-refractivity contribution >= 4 is 11.9 Å². The summed E-state index contributed by atoms with van der Waals surface area (Å²) in [6.45, 7) is 6.12. The summed E-state index contributed by atoms with van der Waals surface area (Å²) in [6, 6.07) is 10.9. The van der Waals surface area contributed by atoms with Gasteiger partial charge in [-0.05, 0) is 31.4 Å². The van der Waals surface area contributed by atoms with Gasteiger partial charge in [0, 0.05) is 12.2 Å². The van der Waals surface area contributed by atoms with Crippen LogP contribution in [-0.4, -0.2) is 33.3 Å². The second kappa shape index (κ2) is 8.46. The van der Waals surface area contributed by atoms with E-state index < -0.39 is 11.9 Å². The van der Waals surface area contributed by atoms with E-state index in [1.54, 1.807) is 30.3 Å². The Morgan fingerprint density at radius 2 is 1.84 bits per heavy atom. The van der Waals surface area contributed by atoms with Crippen LogP contribution >= 0.6 is 0 Å². The molecule has 1 aromatic carbocycles. The van der Waals surface area contributed by atoms with Gasteiger partial charge < -0.3 is 10.4 Å². The lowest BCUT2D eigenvalue weighted by Gasteiger charge is -2.15. The number of carbonyl (C=O) groups excluding carboxylic acids is 1. The first-order chi connectivity index (χ1) is 12.0. The van der Waals surface area contributed by atoms with Gasteiger partial charge in [-0.2, -0.15) is 5.10 Å². The number of aryl methyl sites for hydroxylation is 1. The second-order valence-electron chi connectivity index (χ2n) is 6.10. The fourth-order valence-corrected chi connectivity index (χ4v) is 2.92. The van der Waals surface area contributed by atoms with E-state index in [1.165, 1.54) is 0 Å². The molecule has 1 aromatic heterocycles. The highest BCUT2D eigenvalue weighted by molar-refractivity contribution is 5.92. The van der Waals surface area contributed by atoms with Gasteiger partial charge in [-0.1, -0.05) is 44.2 Å². The van der Waals surface area contributed by atoms with Crippen LogP contribution in [-0.2, 0) is 4.79 Å². The molecule has 1 atom stereocenters. The normalized spacial score (nSPS) is 12.2. The topological polar surface area (TPSA) is 84.2 Å². The molecule has 0 saturated carbocycles. The molecule has 0 bridgehead atoms. The van der Waals surface area contributed by atoms with E-state index in [-0.39, 0.29) is 18.5 Å². The predicted octanol–water partition coefficient (Wildman–Crippen LogP) is 3.15. The van der Waals surface area contributed by atoms with Gasteiger partial charge in [0.15, 0.2) is 0 Å². The van der Waals surface area contributed by atoms with Crippen molar-refractivity contribution in [1.82, 2.24) is 15.1 Å². The molecule has 1 amide bonds. The monoisotopic (exact) mass is 343 g/mol. The number of benzene rings is 1. The predicted molar refractivity (Wildman–Crippen MR) is 95.7 cm³/mol. The molecule has 0 aliphatic heterocycles. The van der Waals surface area contributed by atoms with Crippen molar-refractivity contribution in [2.24, 2.45) is 0 Å². The Morgan fingerprint density at radius 1 is 1.20 bits per heavy atom. The summed E-state index contributed by atoms with van der Waals surface area (Å²) >= 11 is 0. The van der Waals surface area contributed by atoms with Crippen LogP contribution in [0.4, 0.5) is 0 Å². The molecule has 6 heteroatoms. The summed E-state index contributed by atoms with van der Waals surface area (Å²) in [5.74, 6) is -2.10. The number of nitrogens with zero attached hydrogens (tertiary/aromatic N) is 2. The summed E-state index contributed by atoms with van der Waals surface area (Å²) in [5, 5.41) is 16.5. The summed E-state index contributed by atoms with van der Waals surface area (Å²) in [5.41, 5.74) is 1.91. The minimum absolute atomic E-state index is 0.0229. The number of carboxylic acid groups (broad SMARTS) is 1. The number of amides is 1. The molecule has 1 unspecified atom stereocenters. The number of carbonyl (C=O) groups is 2. The van der Waals surface area contributed by atoms with E-state index in [1.807, 2.05) is 17.7 Å². The molecule has 2 N–H and O–H groups in total. The first kappa shape index (κ1) is 18.7. The van der Waals surface area contributed by atoms with Gasteiger partial charge in [0.25, 0.3) is 5.91 Å². The maximum absolute atomic E-state index is 12.4. The first-order valence-corrected chi connectivity index (χ1v) is 8.60. The largest absolute Gasteiger partial charge is 0.481 e.